The number of anilines is 1. The van der Waals surface area contributed by atoms with Crippen LogP contribution in [0.5, 0.6) is 0 Å². The van der Waals surface area contributed by atoms with E-state index in [1.54, 1.807) is 29.5 Å². The van der Waals surface area contributed by atoms with Crippen LogP contribution in [0, 0.1) is 0 Å². The van der Waals surface area contributed by atoms with Crippen molar-refractivity contribution in [3.8, 4) is 11.1 Å². The van der Waals surface area contributed by atoms with E-state index in [-0.39, 0.29) is 5.69 Å². The summed E-state index contributed by atoms with van der Waals surface area (Å²) in [6.45, 7) is 0.926. The molecule has 0 unspecified atom stereocenters. The van der Waals surface area contributed by atoms with E-state index in [0.29, 0.717) is 19.6 Å². The Bertz CT molecular complexity index is 1220. The first-order chi connectivity index (χ1) is 13.6. The molecule has 2 heterocycles. The van der Waals surface area contributed by atoms with Gasteiger partial charge in [0.25, 0.3) is 0 Å². The number of aryl methyl sites for hydroxylation is 1. The van der Waals surface area contributed by atoms with Gasteiger partial charge in [0.05, 0.1) is 35.9 Å². The van der Waals surface area contributed by atoms with Crippen molar-refractivity contribution in [2.24, 2.45) is 7.05 Å². The molecule has 0 aliphatic heterocycles. The Hall–Kier alpha value is -3.45. The second-order valence-corrected chi connectivity index (χ2v) is 6.55. The molecule has 2 aromatic heterocycles. The molecule has 1 N–H and O–H groups in total. The fourth-order valence-corrected chi connectivity index (χ4v) is 3.47. The number of nitrogens with zero attached hydrogens (tertiary/aromatic N) is 3. The van der Waals surface area contributed by atoms with Gasteiger partial charge < -0.3 is 10.1 Å². The summed E-state index contributed by atoms with van der Waals surface area (Å²) in [4.78, 5) is 27.8. The minimum Gasteiger partial charge on any atom is -0.383 e. The minimum atomic E-state index is -0.0870. The highest BCUT2D eigenvalue weighted by Gasteiger charge is 2.15. The van der Waals surface area contributed by atoms with Crippen molar-refractivity contribution in [2.75, 3.05) is 19.0 Å². The van der Waals surface area contributed by atoms with Crippen molar-refractivity contribution < 1.29 is 9.53 Å². The summed E-state index contributed by atoms with van der Waals surface area (Å²) in [5.41, 5.74) is 5.14. The first kappa shape index (κ1) is 17.9. The fourth-order valence-electron chi connectivity index (χ4n) is 3.47. The zero-order valence-electron chi connectivity index (χ0n) is 15.7. The van der Waals surface area contributed by atoms with Crippen LogP contribution >= 0.6 is 0 Å². The van der Waals surface area contributed by atoms with Gasteiger partial charge in [-0.25, -0.2) is 4.79 Å². The second-order valence-electron chi connectivity index (χ2n) is 6.55. The van der Waals surface area contributed by atoms with Crippen LogP contribution in [0.3, 0.4) is 0 Å². The number of ether oxygens (including phenoxy) is 1. The van der Waals surface area contributed by atoms with Crippen LogP contribution in [-0.2, 0) is 23.1 Å². The maximum absolute atomic E-state index is 12.7. The maximum atomic E-state index is 12.7. The number of amides is 1. The molecule has 0 atom stereocenters. The monoisotopic (exact) mass is 376 g/mol. The third-order valence-corrected chi connectivity index (χ3v) is 4.93. The lowest BCUT2D eigenvalue weighted by atomic mass is 10.0. The third-order valence-electron chi connectivity index (χ3n) is 4.93. The second kappa shape index (κ2) is 7.28. The van der Waals surface area contributed by atoms with E-state index in [4.69, 9.17) is 4.74 Å². The smallest absolute Gasteiger partial charge is 0.328 e. The first-order valence-corrected chi connectivity index (χ1v) is 8.91. The topological polar surface area (TPSA) is 78.2 Å². The number of hydrogen-bond donors (Lipinski definition) is 1. The number of fused-ring (bicyclic) bond motifs is 3. The van der Waals surface area contributed by atoms with Gasteiger partial charge in [0.1, 0.15) is 0 Å². The number of carbonyl (C=O) groups excluding carboxylic acids is 1. The lowest BCUT2D eigenvalue weighted by Crippen LogP contribution is -2.23. The predicted octanol–water partition coefficient (Wildman–Crippen LogP) is 2.77. The van der Waals surface area contributed by atoms with E-state index in [0.717, 1.165) is 38.8 Å². The van der Waals surface area contributed by atoms with Gasteiger partial charge in [-0.2, -0.15) is 0 Å². The van der Waals surface area contributed by atoms with E-state index >= 15 is 0 Å². The summed E-state index contributed by atoms with van der Waals surface area (Å²) in [7, 11) is 3.38. The number of rotatable bonds is 6. The Balaban J connectivity index is 1.92. The van der Waals surface area contributed by atoms with Gasteiger partial charge in [0.2, 0.25) is 6.41 Å². The zero-order valence-corrected chi connectivity index (χ0v) is 15.7. The Kier molecular flexibility index (Phi) is 4.67. The van der Waals surface area contributed by atoms with Crippen LogP contribution in [0.2, 0.25) is 0 Å². The van der Waals surface area contributed by atoms with Gasteiger partial charge in [-0.05, 0) is 35.4 Å². The molecule has 0 fully saturated rings. The Labute approximate surface area is 161 Å². The SMILES string of the molecule is COCCn1c(=O)n(C)c2cnc3ccc(-c4ccc(NC=O)cc4)cc3c21. The Morgan fingerprint density at radius 2 is 1.89 bits per heavy atom. The van der Waals surface area contributed by atoms with Gasteiger partial charge >= 0.3 is 5.69 Å². The van der Waals surface area contributed by atoms with Crippen molar-refractivity contribution in [3.63, 3.8) is 0 Å². The molecule has 0 aliphatic rings. The number of aromatic nitrogens is 3. The average molecular weight is 376 g/mol. The Morgan fingerprint density at radius 3 is 2.61 bits per heavy atom. The molecule has 2 aromatic carbocycles. The van der Waals surface area contributed by atoms with E-state index in [2.05, 4.69) is 16.4 Å². The maximum Gasteiger partial charge on any atom is 0.328 e. The molecular formula is C21H20N4O3. The lowest BCUT2D eigenvalue weighted by Gasteiger charge is -2.08. The van der Waals surface area contributed by atoms with Gasteiger partial charge in [0, 0.05) is 25.2 Å². The van der Waals surface area contributed by atoms with Crippen LogP contribution < -0.4 is 11.0 Å². The van der Waals surface area contributed by atoms with E-state index in [1.807, 2.05) is 36.4 Å². The molecule has 0 aliphatic carbocycles. The number of pyridine rings is 1. The van der Waals surface area contributed by atoms with Crippen LogP contribution in [0.1, 0.15) is 0 Å². The highest BCUT2D eigenvalue weighted by Crippen LogP contribution is 2.29. The van der Waals surface area contributed by atoms with Gasteiger partial charge in [-0.15, -0.1) is 0 Å². The summed E-state index contributed by atoms with van der Waals surface area (Å²) in [6, 6.07) is 13.6. The molecule has 0 bridgehead atoms. The van der Waals surface area contributed by atoms with Crippen LogP contribution in [0.4, 0.5) is 5.69 Å². The van der Waals surface area contributed by atoms with Crippen LogP contribution in [0.15, 0.2) is 53.5 Å². The minimum absolute atomic E-state index is 0.0870. The summed E-state index contributed by atoms with van der Waals surface area (Å²) < 4.78 is 8.53. The molecule has 4 rings (SSSR count). The predicted molar refractivity (Wildman–Crippen MR) is 109 cm³/mol. The number of nitrogens with one attached hydrogen (secondary N) is 1. The molecule has 0 saturated carbocycles. The Morgan fingerprint density at radius 1 is 1.14 bits per heavy atom. The van der Waals surface area contributed by atoms with E-state index in [9.17, 15) is 9.59 Å². The average Bonchev–Trinajstić information content (AvgIpc) is 2.97. The van der Waals surface area contributed by atoms with Gasteiger partial charge in [-0.3, -0.25) is 18.9 Å². The number of benzene rings is 2. The first-order valence-electron chi connectivity index (χ1n) is 8.91. The normalized spacial score (nSPS) is 11.2. The zero-order chi connectivity index (χ0) is 19.7. The molecule has 7 heteroatoms. The number of methoxy groups -OCH3 is 1. The number of imidazole rings is 1. The summed E-state index contributed by atoms with van der Waals surface area (Å²) in [5, 5.41) is 3.55. The van der Waals surface area contributed by atoms with Gasteiger partial charge in [-0.1, -0.05) is 18.2 Å². The summed E-state index contributed by atoms with van der Waals surface area (Å²) in [6.07, 6.45) is 2.39. The van der Waals surface area contributed by atoms with Crippen molar-refractivity contribution in [3.05, 3.63) is 59.1 Å². The summed E-state index contributed by atoms with van der Waals surface area (Å²) in [5.74, 6) is 0. The lowest BCUT2D eigenvalue weighted by molar-refractivity contribution is -0.105. The molecule has 28 heavy (non-hydrogen) atoms. The molecule has 0 radical (unpaired) electrons. The molecular weight excluding hydrogens is 356 g/mol. The van der Waals surface area contributed by atoms with Crippen molar-refractivity contribution in [1.29, 1.82) is 0 Å². The van der Waals surface area contributed by atoms with E-state index < -0.39 is 0 Å². The standard InChI is InChI=1S/C21H20N4O3/c1-24-19-12-22-18-8-5-15(14-3-6-16(7-4-14)23-13-26)11-17(18)20(19)25(21(24)27)9-10-28-2/h3-8,11-13H,9-10H2,1-2H3,(H,23,26). The fraction of sp³-hybridized carbons (Fsp3) is 0.190. The molecule has 4 aromatic rings. The van der Waals surface area contributed by atoms with Crippen LogP contribution in [0.25, 0.3) is 33.1 Å². The largest absolute Gasteiger partial charge is 0.383 e. The highest BCUT2D eigenvalue weighted by molar-refractivity contribution is 6.04. The van der Waals surface area contributed by atoms with Crippen LogP contribution in [-0.4, -0.2) is 34.2 Å². The van der Waals surface area contributed by atoms with Crippen molar-refractivity contribution >= 4 is 34.0 Å². The summed E-state index contributed by atoms with van der Waals surface area (Å²) >= 11 is 0. The van der Waals surface area contributed by atoms with Crippen molar-refractivity contribution in [1.82, 2.24) is 14.1 Å². The third kappa shape index (κ3) is 2.95. The van der Waals surface area contributed by atoms with Gasteiger partial charge in [0.15, 0.2) is 0 Å². The molecule has 142 valence electrons. The number of hydrogen-bond acceptors (Lipinski definition) is 4. The van der Waals surface area contributed by atoms with Crippen molar-refractivity contribution in [2.45, 2.75) is 6.54 Å². The molecule has 0 saturated heterocycles. The van der Waals surface area contributed by atoms with E-state index in [1.165, 1.54) is 0 Å². The molecule has 7 nitrogen and oxygen atoms in total. The quantitative estimate of drug-likeness (QED) is 0.525. The highest BCUT2D eigenvalue weighted by atomic mass is 16.5. The molecule has 0 spiro atoms. The molecule has 1 amide bonds. The number of carbonyl (C=O) groups is 1.